The highest BCUT2D eigenvalue weighted by molar-refractivity contribution is 8.14. The largest absolute Gasteiger partial charge is 0.318 e. The highest BCUT2D eigenvalue weighted by Crippen LogP contribution is 2.24. The van der Waals surface area contributed by atoms with Gasteiger partial charge in [-0.1, -0.05) is 23.4 Å². The molecule has 2 aromatic rings. The van der Waals surface area contributed by atoms with E-state index in [2.05, 4.69) is 40.0 Å². The fourth-order valence-electron chi connectivity index (χ4n) is 2.61. The molecule has 0 atom stereocenters. The summed E-state index contributed by atoms with van der Waals surface area (Å²) < 4.78 is 2.22. The van der Waals surface area contributed by atoms with E-state index in [0.717, 1.165) is 27.3 Å². The molecule has 0 saturated carbocycles. The zero-order valence-corrected chi connectivity index (χ0v) is 15.5. The molecule has 0 radical (unpaired) electrons. The van der Waals surface area contributed by atoms with Crippen molar-refractivity contribution in [3.05, 3.63) is 52.3 Å². The Morgan fingerprint density at radius 2 is 1.96 bits per heavy atom. The van der Waals surface area contributed by atoms with E-state index in [1.807, 2.05) is 24.3 Å². The summed E-state index contributed by atoms with van der Waals surface area (Å²) in [6.07, 6.45) is 0. The van der Waals surface area contributed by atoms with E-state index in [4.69, 9.17) is 11.6 Å². The molecule has 4 nitrogen and oxygen atoms in total. The molecule has 0 aliphatic carbocycles. The highest BCUT2D eigenvalue weighted by atomic mass is 35.5. The first-order valence-corrected chi connectivity index (χ1v) is 8.34. The number of aryl methyl sites for hydroxylation is 1. The molecule has 1 N–H and O–H groups in total. The maximum Gasteiger partial charge on any atom is 0.177 e. The van der Waals surface area contributed by atoms with Gasteiger partial charge in [0.15, 0.2) is 5.17 Å². The van der Waals surface area contributed by atoms with Crippen molar-refractivity contribution in [1.82, 2.24) is 9.99 Å². The SMILES string of the molecule is CN=C1NN=C(c2cc(C)n(-c3ccc(Cl)cc3)c2C)CS1.Cl. The van der Waals surface area contributed by atoms with Gasteiger partial charge in [0.05, 0.1) is 5.71 Å². The van der Waals surface area contributed by atoms with Gasteiger partial charge in [-0.15, -0.1) is 12.4 Å². The number of halogens is 2. The van der Waals surface area contributed by atoms with Crippen LogP contribution in [0.15, 0.2) is 40.4 Å². The topological polar surface area (TPSA) is 41.7 Å². The molecule has 7 heteroatoms. The molecular weight excluding hydrogens is 351 g/mol. The summed E-state index contributed by atoms with van der Waals surface area (Å²) in [7, 11) is 1.77. The molecule has 2 heterocycles. The summed E-state index contributed by atoms with van der Waals surface area (Å²) in [6.45, 7) is 4.22. The van der Waals surface area contributed by atoms with Crippen LogP contribution in [0.5, 0.6) is 0 Å². The Morgan fingerprint density at radius 1 is 1.26 bits per heavy atom. The van der Waals surface area contributed by atoms with E-state index in [1.165, 1.54) is 17.0 Å². The molecule has 0 amide bonds. The summed E-state index contributed by atoms with van der Waals surface area (Å²) in [5.41, 5.74) is 8.68. The highest BCUT2D eigenvalue weighted by Gasteiger charge is 2.18. The van der Waals surface area contributed by atoms with Gasteiger partial charge in [0.1, 0.15) is 0 Å². The van der Waals surface area contributed by atoms with Crippen molar-refractivity contribution in [3.8, 4) is 5.69 Å². The van der Waals surface area contributed by atoms with Gasteiger partial charge in [0, 0.05) is 40.5 Å². The number of nitrogens with one attached hydrogen (secondary N) is 1. The number of thioether (sulfide) groups is 1. The molecule has 1 aromatic heterocycles. The van der Waals surface area contributed by atoms with Crippen LogP contribution in [0.3, 0.4) is 0 Å². The molecular formula is C16H18Cl2N4S. The number of hydrazone groups is 1. The Hall–Kier alpha value is -1.43. The van der Waals surface area contributed by atoms with Crippen molar-refractivity contribution in [2.24, 2.45) is 10.1 Å². The van der Waals surface area contributed by atoms with Crippen molar-refractivity contribution in [2.45, 2.75) is 13.8 Å². The van der Waals surface area contributed by atoms with Crippen LogP contribution in [-0.2, 0) is 0 Å². The smallest absolute Gasteiger partial charge is 0.177 e. The van der Waals surface area contributed by atoms with Crippen molar-refractivity contribution in [3.63, 3.8) is 0 Å². The molecule has 0 bridgehead atoms. The summed E-state index contributed by atoms with van der Waals surface area (Å²) in [5, 5.41) is 6.06. The summed E-state index contributed by atoms with van der Waals surface area (Å²) in [6, 6.07) is 10.1. The van der Waals surface area contributed by atoms with Gasteiger partial charge in [-0.05, 0) is 44.2 Å². The Morgan fingerprint density at radius 3 is 2.52 bits per heavy atom. The van der Waals surface area contributed by atoms with E-state index in [9.17, 15) is 0 Å². The van der Waals surface area contributed by atoms with Crippen LogP contribution in [0.2, 0.25) is 5.02 Å². The third-order valence-electron chi connectivity index (χ3n) is 3.66. The van der Waals surface area contributed by atoms with Crippen LogP contribution in [0.25, 0.3) is 5.69 Å². The molecule has 1 aliphatic rings. The first-order valence-electron chi connectivity index (χ1n) is 6.97. The molecule has 1 aromatic carbocycles. The predicted octanol–water partition coefficient (Wildman–Crippen LogP) is 4.20. The number of rotatable bonds is 2. The predicted molar refractivity (Wildman–Crippen MR) is 103 cm³/mol. The van der Waals surface area contributed by atoms with E-state index in [1.54, 1.807) is 18.8 Å². The number of aliphatic imine (C=N–C) groups is 1. The van der Waals surface area contributed by atoms with Gasteiger partial charge >= 0.3 is 0 Å². The van der Waals surface area contributed by atoms with Gasteiger partial charge < -0.3 is 4.57 Å². The zero-order chi connectivity index (χ0) is 15.7. The molecule has 0 unspecified atom stereocenters. The van der Waals surface area contributed by atoms with Crippen molar-refractivity contribution >= 4 is 46.6 Å². The van der Waals surface area contributed by atoms with Gasteiger partial charge in [-0.25, -0.2) is 0 Å². The Kier molecular flexibility index (Phi) is 5.79. The average Bonchev–Trinajstić information content (AvgIpc) is 2.83. The lowest BCUT2D eigenvalue weighted by Crippen LogP contribution is -2.25. The summed E-state index contributed by atoms with van der Waals surface area (Å²) in [5.74, 6) is 0.824. The third-order valence-corrected chi connectivity index (χ3v) is 4.88. The van der Waals surface area contributed by atoms with Crippen LogP contribution in [0.1, 0.15) is 17.0 Å². The van der Waals surface area contributed by atoms with Crippen molar-refractivity contribution < 1.29 is 0 Å². The lowest BCUT2D eigenvalue weighted by atomic mass is 10.1. The number of amidine groups is 1. The molecule has 1 aliphatic heterocycles. The zero-order valence-electron chi connectivity index (χ0n) is 13.1. The molecule has 23 heavy (non-hydrogen) atoms. The number of benzene rings is 1. The van der Waals surface area contributed by atoms with Crippen LogP contribution in [0, 0.1) is 13.8 Å². The second kappa shape index (κ2) is 7.43. The molecule has 0 saturated heterocycles. The van der Waals surface area contributed by atoms with Crippen LogP contribution in [-0.4, -0.2) is 28.2 Å². The van der Waals surface area contributed by atoms with E-state index >= 15 is 0 Å². The number of hydrogen-bond acceptors (Lipinski definition) is 3. The minimum absolute atomic E-state index is 0. The molecule has 0 spiro atoms. The second-order valence-corrected chi connectivity index (χ2v) is 6.48. The lowest BCUT2D eigenvalue weighted by Gasteiger charge is -2.15. The Bertz CT molecular complexity index is 763. The van der Waals surface area contributed by atoms with Gasteiger partial charge in [-0.2, -0.15) is 5.10 Å². The monoisotopic (exact) mass is 368 g/mol. The van der Waals surface area contributed by atoms with Crippen molar-refractivity contribution in [1.29, 1.82) is 0 Å². The lowest BCUT2D eigenvalue weighted by molar-refractivity contribution is 0.962. The fraction of sp³-hybridized carbons (Fsp3) is 0.250. The molecule has 0 fully saturated rings. The summed E-state index contributed by atoms with van der Waals surface area (Å²) >= 11 is 7.65. The first kappa shape index (κ1) is 17.9. The van der Waals surface area contributed by atoms with E-state index < -0.39 is 0 Å². The van der Waals surface area contributed by atoms with Gasteiger partial charge in [-0.3, -0.25) is 10.4 Å². The number of nitrogens with zero attached hydrogens (tertiary/aromatic N) is 3. The fourth-order valence-corrected chi connectivity index (χ4v) is 3.47. The normalized spacial score (nSPS) is 15.8. The maximum absolute atomic E-state index is 5.98. The van der Waals surface area contributed by atoms with Gasteiger partial charge in [0.25, 0.3) is 0 Å². The Balaban J connectivity index is 0.00000192. The maximum atomic E-state index is 5.98. The Labute approximate surface area is 151 Å². The average molecular weight is 369 g/mol. The number of hydrogen-bond donors (Lipinski definition) is 1. The number of aromatic nitrogens is 1. The minimum atomic E-state index is 0. The molecule has 3 rings (SSSR count). The second-order valence-electron chi connectivity index (χ2n) is 5.08. The quantitative estimate of drug-likeness (QED) is 0.862. The first-order chi connectivity index (χ1) is 10.6. The summed E-state index contributed by atoms with van der Waals surface area (Å²) in [4.78, 5) is 4.12. The van der Waals surface area contributed by atoms with Crippen LogP contribution >= 0.6 is 35.8 Å². The van der Waals surface area contributed by atoms with Crippen LogP contribution < -0.4 is 5.43 Å². The van der Waals surface area contributed by atoms with E-state index in [0.29, 0.717) is 0 Å². The van der Waals surface area contributed by atoms with Gasteiger partial charge in [0.2, 0.25) is 0 Å². The minimum Gasteiger partial charge on any atom is -0.318 e. The van der Waals surface area contributed by atoms with Crippen molar-refractivity contribution in [2.75, 3.05) is 12.8 Å². The third kappa shape index (κ3) is 3.57. The van der Waals surface area contributed by atoms with Crippen LogP contribution in [0.4, 0.5) is 0 Å². The standard InChI is InChI=1S/C16H17ClN4S.ClH/c1-10-8-14(15-9-22-16(18-3)20-19-15)11(2)21(10)13-6-4-12(17)5-7-13;/h4-8H,9H2,1-3H3,(H,18,20);1H. The van der Waals surface area contributed by atoms with E-state index in [-0.39, 0.29) is 12.4 Å². The molecule has 122 valence electrons.